The van der Waals surface area contributed by atoms with Gasteiger partial charge in [-0.05, 0) is 12.1 Å². The van der Waals surface area contributed by atoms with Crippen LogP contribution >= 0.6 is 0 Å². The Morgan fingerprint density at radius 3 is 2.71 bits per heavy atom. The van der Waals surface area contributed by atoms with Crippen molar-refractivity contribution >= 4 is 6.09 Å². The van der Waals surface area contributed by atoms with Crippen LogP contribution < -0.4 is 5.32 Å². The number of amides is 1. The summed E-state index contributed by atoms with van der Waals surface area (Å²) in [7, 11) is 1.48. The van der Waals surface area contributed by atoms with E-state index in [4.69, 9.17) is 9.47 Å². The molecule has 0 radical (unpaired) electrons. The molecule has 24 heavy (non-hydrogen) atoms. The highest BCUT2D eigenvalue weighted by Gasteiger charge is 2.38. The molecule has 0 bridgehead atoms. The van der Waals surface area contributed by atoms with Gasteiger partial charge in [-0.25, -0.2) is 4.79 Å². The normalized spacial score (nSPS) is 11.3. The Hall–Kier alpha value is -2.69. The maximum Gasteiger partial charge on any atom is 0.471 e. The number of carbonyl (C=O) groups excluding carboxylic acids is 1. The van der Waals surface area contributed by atoms with Crippen molar-refractivity contribution in [1.82, 2.24) is 20.4 Å². The van der Waals surface area contributed by atoms with Crippen molar-refractivity contribution in [1.29, 1.82) is 0 Å². The molecule has 0 fully saturated rings. The molecule has 0 spiro atoms. The molecule has 2 aromatic rings. The van der Waals surface area contributed by atoms with Crippen molar-refractivity contribution in [3.05, 3.63) is 29.9 Å². The zero-order valence-corrected chi connectivity index (χ0v) is 12.5. The van der Waals surface area contributed by atoms with E-state index in [-0.39, 0.29) is 31.1 Å². The van der Waals surface area contributed by atoms with Crippen LogP contribution in [0.25, 0.3) is 11.4 Å². The highest BCUT2D eigenvalue weighted by molar-refractivity contribution is 5.67. The fourth-order valence-corrected chi connectivity index (χ4v) is 1.55. The monoisotopic (exact) mass is 346 g/mol. The summed E-state index contributed by atoms with van der Waals surface area (Å²) < 4.78 is 50.8. The smallest absolute Gasteiger partial charge is 0.447 e. The lowest BCUT2D eigenvalue weighted by Crippen LogP contribution is -2.25. The van der Waals surface area contributed by atoms with Crippen LogP contribution in [0.2, 0.25) is 0 Å². The Morgan fingerprint density at radius 1 is 1.33 bits per heavy atom. The van der Waals surface area contributed by atoms with Gasteiger partial charge in [-0.1, -0.05) is 5.16 Å². The molecule has 130 valence electrons. The highest BCUT2D eigenvalue weighted by Crippen LogP contribution is 2.29. The average molecular weight is 346 g/mol. The fourth-order valence-electron chi connectivity index (χ4n) is 1.55. The van der Waals surface area contributed by atoms with E-state index in [1.165, 1.54) is 25.4 Å². The number of nitrogens with one attached hydrogen (secondary N) is 1. The van der Waals surface area contributed by atoms with Gasteiger partial charge in [0.2, 0.25) is 5.82 Å². The van der Waals surface area contributed by atoms with Crippen LogP contribution in [0.5, 0.6) is 0 Å². The van der Waals surface area contributed by atoms with E-state index in [2.05, 4.69) is 25.0 Å². The van der Waals surface area contributed by atoms with Crippen molar-refractivity contribution in [2.45, 2.75) is 12.7 Å². The van der Waals surface area contributed by atoms with Gasteiger partial charge in [0.1, 0.15) is 6.61 Å². The van der Waals surface area contributed by atoms with Gasteiger partial charge in [0.05, 0.1) is 18.8 Å². The number of alkyl halides is 3. The maximum absolute atomic E-state index is 12.4. The predicted molar refractivity (Wildman–Crippen MR) is 72.6 cm³/mol. The summed E-state index contributed by atoms with van der Waals surface area (Å²) in [6, 6.07) is 2.97. The molecule has 8 nitrogen and oxygen atoms in total. The lowest BCUT2D eigenvalue weighted by Gasteiger charge is -2.06. The lowest BCUT2D eigenvalue weighted by molar-refractivity contribution is -0.159. The molecule has 11 heteroatoms. The van der Waals surface area contributed by atoms with Crippen molar-refractivity contribution < 1.29 is 32.0 Å². The van der Waals surface area contributed by atoms with Crippen molar-refractivity contribution in [3.63, 3.8) is 0 Å². The fraction of sp³-hybridized carbons (Fsp3) is 0.385. The third-order valence-electron chi connectivity index (χ3n) is 2.69. The van der Waals surface area contributed by atoms with E-state index in [0.717, 1.165) is 0 Å². The van der Waals surface area contributed by atoms with Gasteiger partial charge >= 0.3 is 18.2 Å². The second-order valence-corrected chi connectivity index (χ2v) is 4.44. The molecule has 1 amide bonds. The highest BCUT2D eigenvalue weighted by atomic mass is 19.4. The number of halogens is 3. The van der Waals surface area contributed by atoms with E-state index in [9.17, 15) is 18.0 Å². The number of hydrogen-bond acceptors (Lipinski definition) is 7. The second-order valence-electron chi connectivity index (χ2n) is 4.44. The number of nitrogens with zero attached hydrogens (tertiary/aromatic N) is 3. The summed E-state index contributed by atoms with van der Waals surface area (Å²) in [5.41, 5.74) is 0.725. The third kappa shape index (κ3) is 4.91. The van der Waals surface area contributed by atoms with Crippen LogP contribution in [-0.4, -0.2) is 41.5 Å². The Kier molecular flexibility index (Phi) is 5.68. The van der Waals surface area contributed by atoms with Crippen LogP contribution in [0.15, 0.2) is 22.9 Å². The molecular weight excluding hydrogens is 333 g/mol. The largest absolute Gasteiger partial charge is 0.471 e. The number of pyridine rings is 1. The van der Waals surface area contributed by atoms with Crippen LogP contribution in [-0.2, 0) is 22.2 Å². The quantitative estimate of drug-likeness (QED) is 0.799. The summed E-state index contributed by atoms with van der Waals surface area (Å²) in [5, 5.41) is 5.71. The molecular formula is C13H13F3N4O4. The Bertz CT molecular complexity index is 673. The van der Waals surface area contributed by atoms with Crippen molar-refractivity contribution in [2.24, 2.45) is 0 Å². The maximum atomic E-state index is 12.4. The number of alkyl carbamates (subject to hydrolysis) is 1. The van der Waals surface area contributed by atoms with Gasteiger partial charge in [-0.2, -0.15) is 18.2 Å². The van der Waals surface area contributed by atoms with Crippen LogP contribution in [0.3, 0.4) is 0 Å². The SMILES string of the molecule is COCCOC(=O)NCc1ccc(-c2noc(C(F)(F)F)n2)cn1. The number of rotatable bonds is 6. The summed E-state index contributed by atoms with van der Waals surface area (Å²) in [6.45, 7) is 0.491. The van der Waals surface area contributed by atoms with Gasteiger partial charge in [0.25, 0.3) is 0 Å². The summed E-state index contributed by atoms with van der Waals surface area (Å²) in [6.07, 6.45) is -4.06. The Labute approximate surface area is 134 Å². The number of hydrogen-bond donors (Lipinski definition) is 1. The predicted octanol–water partition coefficient (Wildman–Crippen LogP) is 2.02. The molecule has 2 rings (SSSR count). The summed E-state index contributed by atoms with van der Waals surface area (Å²) in [4.78, 5) is 18.6. The molecule has 0 aromatic carbocycles. The van der Waals surface area contributed by atoms with Gasteiger partial charge in [0, 0.05) is 18.9 Å². The summed E-state index contributed by atoms with van der Waals surface area (Å²) in [5.74, 6) is -1.66. The first kappa shape index (κ1) is 17.7. The molecule has 0 saturated carbocycles. The van der Waals surface area contributed by atoms with E-state index in [1.807, 2.05) is 0 Å². The van der Waals surface area contributed by atoms with E-state index < -0.39 is 18.2 Å². The molecule has 1 N–H and O–H groups in total. The van der Waals surface area contributed by atoms with Gasteiger partial charge in [-0.3, -0.25) is 4.98 Å². The van der Waals surface area contributed by atoms with Crippen LogP contribution in [0, 0.1) is 0 Å². The number of methoxy groups -OCH3 is 1. The minimum atomic E-state index is -4.70. The molecule has 0 unspecified atom stereocenters. The van der Waals surface area contributed by atoms with Crippen molar-refractivity contribution in [2.75, 3.05) is 20.3 Å². The van der Waals surface area contributed by atoms with Gasteiger partial charge in [0.15, 0.2) is 0 Å². The van der Waals surface area contributed by atoms with Gasteiger partial charge in [-0.15, -0.1) is 0 Å². The first-order valence-corrected chi connectivity index (χ1v) is 6.66. The summed E-state index contributed by atoms with van der Waals surface area (Å²) >= 11 is 0. The van der Waals surface area contributed by atoms with Crippen LogP contribution in [0.1, 0.15) is 11.6 Å². The third-order valence-corrected chi connectivity index (χ3v) is 2.69. The molecule has 0 aliphatic heterocycles. The Balaban J connectivity index is 1.91. The molecule has 2 aromatic heterocycles. The van der Waals surface area contributed by atoms with E-state index in [1.54, 1.807) is 0 Å². The molecule has 0 aliphatic rings. The number of carbonyl (C=O) groups is 1. The molecule has 2 heterocycles. The lowest BCUT2D eigenvalue weighted by atomic mass is 10.2. The van der Waals surface area contributed by atoms with E-state index in [0.29, 0.717) is 5.69 Å². The molecule has 0 saturated heterocycles. The van der Waals surface area contributed by atoms with E-state index >= 15 is 0 Å². The zero-order valence-electron chi connectivity index (χ0n) is 12.5. The van der Waals surface area contributed by atoms with Gasteiger partial charge < -0.3 is 19.3 Å². The topological polar surface area (TPSA) is 99.4 Å². The molecule has 0 aliphatic carbocycles. The average Bonchev–Trinajstić information content (AvgIpc) is 3.04. The number of aromatic nitrogens is 3. The number of ether oxygens (including phenoxy) is 2. The Morgan fingerprint density at radius 2 is 2.12 bits per heavy atom. The zero-order chi connectivity index (χ0) is 17.6. The minimum Gasteiger partial charge on any atom is -0.447 e. The minimum absolute atomic E-state index is 0.0894. The van der Waals surface area contributed by atoms with Crippen LogP contribution in [0.4, 0.5) is 18.0 Å². The first-order chi connectivity index (χ1) is 11.4. The first-order valence-electron chi connectivity index (χ1n) is 6.66. The standard InChI is InChI=1S/C13H13F3N4O4/c1-22-4-5-23-12(21)18-7-9-3-2-8(6-17-9)10-19-11(24-20-10)13(14,15)16/h2-3,6H,4-5,7H2,1H3,(H,18,21). The molecule has 0 atom stereocenters. The second kappa shape index (κ2) is 7.73. The van der Waals surface area contributed by atoms with Crippen molar-refractivity contribution in [3.8, 4) is 11.4 Å².